The van der Waals surface area contributed by atoms with Crippen LogP contribution in [0.4, 0.5) is 5.69 Å². The van der Waals surface area contributed by atoms with Crippen LogP contribution in [0.25, 0.3) is 22.4 Å². The lowest BCUT2D eigenvalue weighted by Crippen LogP contribution is -2.11. The summed E-state index contributed by atoms with van der Waals surface area (Å²) in [6.45, 7) is 1.93. The van der Waals surface area contributed by atoms with E-state index in [0.29, 0.717) is 23.0 Å². The van der Waals surface area contributed by atoms with Gasteiger partial charge in [-0.15, -0.1) is 0 Å². The molecule has 0 aliphatic carbocycles. The van der Waals surface area contributed by atoms with E-state index >= 15 is 0 Å². The molecule has 0 saturated carbocycles. The maximum Gasteiger partial charge on any atom is 0.291 e. The second kappa shape index (κ2) is 7.11. The van der Waals surface area contributed by atoms with Gasteiger partial charge in [0.25, 0.3) is 5.91 Å². The molecule has 2 heterocycles. The Labute approximate surface area is 161 Å². The molecule has 0 aliphatic rings. The maximum atomic E-state index is 12.3. The molecule has 2 aromatic carbocycles. The van der Waals surface area contributed by atoms with Gasteiger partial charge in [0.2, 0.25) is 0 Å². The number of benzene rings is 2. The fraction of sp³-hybridized carbons (Fsp3) is 0.143. The van der Waals surface area contributed by atoms with Crippen LogP contribution in [0.3, 0.4) is 0 Å². The zero-order valence-electron chi connectivity index (χ0n) is 15.7. The molecule has 4 rings (SSSR count). The van der Waals surface area contributed by atoms with Crippen molar-refractivity contribution in [3.8, 4) is 22.9 Å². The summed E-state index contributed by atoms with van der Waals surface area (Å²) in [5.74, 6) is 1.87. The smallest absolute Gasteiger partial charge is 0.291 e. The number of nitrogens with one attached hydrogen (secondary N) is 2. The van der Waals surface area contributed by atoms with Gasteiger partial charge in [0.1, 0.15) is 5.82 Å². The van der Waals surface area contributed by atoms with Gasteiger partial charge in [-0.2, -0.15) is 0 Å². The van der Waals surface area contributed by atoms with Crippen molar-refractivity contribution >= 4 is 22.6 Å². The number of rotatable bonds is 5. The third-order valence-electron chi connectivity index (χ3n) is 4.49. The van der Waals surface area contributed by atoms with Crippen LogP contribution in [-0.2, 0) is 0 Å². The second-order valence-corrected chi connectivity index (χ2v) is 6.27. The molecule has 7 heteroatoms. The third-order valence-corrected chi connectivity index (χ3v) is 4.49. The summed E-state index contributed by atoms with van der Waals surface area (Å²) in [7, 11) is 3.18. The molecule has 4 aromatic rings. The van der Waals surface area contributed by atoms with Crippen molar-refractivity contribution in [1.82, 2.24) is 9.97 Å². The number of carbonyl (C=O) groups excluding carboxylic acids is 1. The van der Waals surface area contributed by atoms with Gasteiger partial charge in [0, 0.05) is 23.4 Å². The number of hydrogen-bond acceptors (Lipinski definition) is 5. The molecule has 0 unspecified atom stereocenters. The number of nitrogens with zero attached hydrogens (tertiary/aromatic N) is 1. The summed E-state index contributed by atoms with van der Waals surface area (Å²) in [6.07, 6.45) is 1.47. The number of ether oxygens (including phenoxy) is 2. The first kappa shape index (κ1) is 17.7. The number of methoxy groups -OCH3 is 2. The van der Waals surface area contributed by atoms with Crippen molar-refractivity contribution in [2.24, 2.45) is 0 Å². The van der Waals surface area contributed by atoms with E-state index in [0.717, 1.165) is 22.2 Å². The van der Waals surface area contributed by atoms with E-state index in [9.17, 15) is 4.79 Å². The molecule has 2 N–H and O–H groups in total. The van der Waals surface area contributed by atoms with Gasteiger partial charge in [-0.05, 0) is 30.7 Å². The van der Waals surface area contributed by atoms with Gasteiger partial charge >= 0.3 is 0 Å². The summed E-state index contributed by atoms with van der Waals surface area (Å²) < 4.78 is 15.8. The highest BCUT2D eigenvalue weighted by Crippen LogP contribution is 2.33. The quantitative estimate of drug-likeness (QED) is 0.538. The van der Waals surface area contributed by atoms with E-state index in [-0.39, 0.29) is 11.7 Å². The monoisotopic (exact) mass is 377 g/mol. The molecular formula is C21H19N3O4. The van der Waals surface area contributed by atoms with Crippen LogP contribution < -0.4 is 14.8 Å². The maximum absolute atomic E-state index is 12.3. The lowest BCUT2D eigenvalue weighted by molar-refractivity contribution is 0.0996. The van der Waals surface area contributed by atoms with Gasteiger partial charge in [-0.3, -0.25) is 4.79 Å². The fourth-order valence-corrected chi connectivity index (χ4v) is 2.97. The van der Waals surface area contributed by atoms with E-state index < -0.39 is 0 Å². The number of hydrogen-bond donors (Lipinski definition) is 2. The lowest BCUT2D eigenvalue weighted by Gasteiger charge is -2.08. The van der Waals surface area contributed by atoms with Crippen molar-refractivity contribution in [1.29, 1.82) is 0 Å². The number of aryl methyl sites for hydroxylation is 1. The van der Waals surface area contributed by atoms with Crippen LogP contribution in [0.1, 0.15) is 16.1 Å². The Hall–Kier alpha value is -3.74. The number of anilines is 1. The van der Waals surface area contributed by atoms with Gasteiger partial charge in [0.15, 0.2) is 17.3 Å². The lowest BCUT2D eigenvalue weighted by atomic mass is 10.1. The van der Waals surface area contributed by atoms with Crippen molar-refractivity contribution in [3.05, 3.63) is 60.1 Å². The number of aromatic amines is 1. The average Bonchev–Trinajstić information content (AvgIpc) is 3.38. The number of carbonyl (C=O) groups is 1. The minimum atomic E-state index is -0.302. The molecule has 0 bridgehead atoms. The largest absolute Gasteiger partial charge is 0.493 e. The number of fused-ring (bicyclic) bond motifs is 1. The summed E-state index contributed by atoms with van der Waals surface area (Å²) in [6, 6.07) is 12.7. The van der Waals surface area contributed by atoms with E-state index in [1.54, 1.807) is 26.4 Å². The predicted octanol–water partition coefficient (Wildman–Crippen LogP) is 4.40. The predicted molar refractivity (Wildman–Crippen MR) is 106 cm³/mol. The van der Waals surface area contributed by atoms with Crippen molar-refractivity contribution < 1.29 is 18.7 Å². The van der Waals surface area contributed by atoms with Gasteiger partial charge in [-0.1, -0.05) is 12.1 Å². The van der Waals surface area contributed by atoms with E-state index in [2.05, 4.69) is 15.3 Å². The summed E-state index contributed by atoms with van der Waals surface area (Å²) in [4.78, 5) is 20.2. The van der Waals surface area contributed by atoms with Crippen molar-refractivity contribution in [2.45, 2.75) is 6.92 Å². The minimum Gasteiger partial charge on any atom is -0.493 e. The highest BCUT2D eigenvalue weighted by Gasteiger charge is 2.14. The first-order chi connectivity index (χ1) is 13.6. The van der Waals surface area contributed by atoms with Crippen LogP contribution >= 0.6 is 0 Å². The Morgan fingerprint density at radius 2 is 1.89 bits per heavy atom. The topological polar surface area (TPSA) is 89.4 Å². The van der Waals surface area contributed by atoms with Crippen LogP contribution in [0, 0.1) is 6.92 Å². The van der Waals surface area contributed by atoms with Crippen molar-refractivity contribution in [2.75, 3.05) is 19.5 Å². The Morgan fingerprint density at radius 1 is 1.11 bits per heavy atom. The van der Waals surface area contributed by atoms with Crippen molar-refractivity contribution in [3.63, 3.8) is 0 Å². The second-order valence-electron chi connectivity index (χ2n) is 6.27. The molecule has 0 radical (unpaired) electrons. The molecular weight excluding hydrogens is 358 g/mol. The Balaban J connectivity index is 1.70. The van der Waals surface area contributed by atoms with Gasteiger partial charge in [-0.25, -0.2) is 4.98 Å². The molecule has 0 fully saturated rings. The standard InChI is InChI=1S/C21H19N3O4/c1-12-6-7-13(9-14(12)24-21(25)17-5-4-8-28-17)20-22-15-10-18(26-2)19(27-3)11-16(15)23-20/h4-11H,1-3H3,(H,22,23)(H,24,25). The normalized spacial score (nSPS) is 10.8. The van der Waals surface area contributed by atoms with Gasteiger partial charge < -0.3 is 24.2 Å². The number of amides is 1. The molecule has 1 amide bonds. The Bertz CT molecular complexity index is 1110. The van der Waals surface area contributed by atoms with Crippen LogP contribution in [-0.4, -0.2) is 30.1 Å². The number of imidazole rings is 1. The molecule has 0 aliphatic heterocycles. The van der Waals surface area contributed by atoms with Gasteiger partial charge in [0.05, 0.1) is 31.5 Å². The van der Waals surface area contributed by atoms with Crippen LogP contribution in [0.2, 0.25) is 0 Å². The first-order valence-corrected chi connectivity index (χ1v) is 8.66. The third kappa shape index (κ3) is 3.18. The fourth-order valence-electron chi connectivity index (χ4n) is 2.97. The first-order valence-electron chi connectivity index (χ1n) is 8.66. The SMILES string of the molecule is COc1cc2nc(-c3ccc(C)c(NC(=O)c4ccco4)c3)[nH]c2cc1OC. The zero-order valence-corrected chi connectivity index (χ0v) is 15.7. The number of H-pyrrole nitrogens is 1. The van der Waals surface area contributed by atoms with Crippen LogP contribution in [0.15, 0.2) is 53.1 Å². The molecule has 0 atom stereocenters. The number of aromatic nitrogens is 2. The minimum absolute atomic E-state index is 0.257. The molecule has 142 valence electrons. The summed E-state index contributed by atoms with van der Waals surface area (Å²) in [5, 5.41) is 2.88. The number of furan rings is 1. The molecule has 0 saturated heterocycles. The summed E-state index contributed by atoms with van der Waals surface area (Å²) in [5.41, 5.74) is 4.05. The molecule has 0 spiro atoms. The zero-order chi connectivity index (χ0) is 19.7. The molecule has 7 nitrogen and oxygen atoms in total. The molecule has 2 aromatic heterocycles. The van der Waals surface area contributed by atoms with E-state index in [4.69, 9.17) is 13.9 Å². The average molecular weight is 377 g/mol. The molecule has 28 heavy (non-hydrogen) atoms. The van der Waals surface area contributed by atoms with E-state index in [1.165, 1.54) is 6.26 Å². The van der Waals surface area contributed by atoms with Crippen LogP contribution in [0.5, 0.6) is 11.5 Å². The summed E-state index contributed by atoms with van der Waals surface area (Å²) >= 11 is 0. The Kier molecular flexibility index (Phi) is 4.49. The van der Waals surface area contributed by atoms with E-state index in [1.807, 2.05) is 37.3 Å². The highest BCUT2D eigenvalue weighted by atomic mass is 16.5. The highest BCUT2D eigenvalue weighted by molar-refractivity contribution is 6.03. The Morgan fingerprint density at radius 3 is 2.61 bits per heavy atom.